The SMILES string of the molecule is CCC1(CN(Cc2ccccc2)Cc2ccccc2)CCCN1. The molecule has 0 radical (unpaired) electrons. The number of hydrogen-bond donors (Lipinski definition) is 1. The molecule has 0 amide bonds. The van der Waals surface area contributed by atoms with E-state index < -0.39 is 0 Å². The first kappa shape index (κ1) is 16.2. The normalized spacial score (nSPS) is 21.0. The molecule has 0 aliphatic carbocycles. The highest BCUT2D eigenvalue weighted by atomic mass is 15.2. The van der Waals surface area contributed by atoms with E-state index in [1.54, 1.807) is 0 Å². The van der Waals surface area contributed by atoms with Crippen LogP contribution in [-0.4, -0.2) is 23.5 Å². The second-order valence-electron chi connectivity index (χ2n) is 6.78. The average molecular weight is 308 g/mol. The minimum Gasteiger partial charge on any atom is -0.310 e. The van der Waals surface area contributed by atoms with Crippen molar-refractivity contribution in [2.24, 2.45) is 0 Å². The molecule has 1 N–H and O–H groups in total. The smallest absolute Gasteiger partial charge is 0.0306 e. The van der Waals surface area contributed by atoms with Crippen molar-refractivity contribution in [2.45, 2.75) is 44.8 Å². The van der Waals surface area contributed by atoms with E-state index in [0.717, 1.165) is 19.6 Å². The first-order valence-corrected chi connectivity index (χ1v) is 8.85. The first-order chi connectivity index (χ1) is 11.3. The predicted octanol–water partition coefficient (Wildman–Crippen LogP) is 4.22. The van der Waals surface area contributed by atoms with Gasteiger partial charge in [0, 0.05) is 25.2 Å². The molecule has 1 fully saturated rings. The van der Waals surface area contributed by atoms with Gasteiger partial charge in [0.15, 0.2) is 0 Å². The third kappa shape index (κ3) is 4.43. The summed E-state index contributed by atoms with van der Waals surface area (Å²) in [6, 6.07) is 21.7. The summed E-state index contributed by atoms with van der Waals surface area (Å²) < 4.78 is 0. The van der Waals surface area contributed by atoms with Crippen LogP contribution in [0.15, 0.2) is 60.7 Å². The topological polar surface area (TPSA) is 15.3 Å². The van der Waals surface area contributed by atoms with Crippen LogP contribution in [0.3, 0.4) is 0 Å². The van der Waals surface area contributed by atoms with E-state index in [1.807, 2.05) is 0 Å². The van der Waals surface area contributed by atoms with Crippen molar-refractivity contribution in [3.63, 3.8) is 0 Å². The van der Waals surface area contributed by atoms with Crippen molar-refractivity contribution in [3.8, 4) is 0 Å². The summed E-state index contributed by atoms with van der Waals surface area (Å²) in [4.78, 5) is 2.60. The fourth-order valence-electron chi connectivity index (χ4n) is 3.70. The molecule has 1 saturated heterocycles. The third-order valence-corrected chi connectivity index (χ3v) is 5.03. The Morgan fingerprint density at radius 1 is 0.913 bits per heavy atom. The van der Waals surface area contributed by atoms with E-state index in [-0.39, 0.29) is 0 Å². The monoisotopic (exact) mass is 308 g/mol. The summed E-state index contributed by atoms with van der Waals surface area (Å²) in [5, 5.41) is 3.78. The van der Waals surface area contributed by atoms with Crippen molar-refractivity contribution in [3.05, 3.63) is 71.8 Å². The average Bonchev–Trinajstić information content (AvgIpc) is 3.06. The van der Waals surface area contributed by atoms with E-state index in [2.05, 4.69) is 77.8 Å². The number of rotatable bonds is 7. The lowest BCUT2D eigenvalue weighted by molar-refractivity contribution is 0.174. The van der Waals surface area contributed by atoms with Crippen molar-refractivity contribution in [1.29, 1.82) is 0 Å². The Hall–Kier alpha value is -1.64. The standard InChI is InChI=1S/C21H28N2/c1-2-21(14-9-15-22-21)18-23(16-19-10-5-3-6-11-19)17-20-12-7-4-8-13-20/h3-8,10-13,22H,2,9,14-18H2,1H3. The molecular weight excluding hydrogens is 280 g/mol. The quantitative estimate of drug-likeness (QED) is 0.824. The Bertz CT molecular complexity index is 532. The Labute approximate surface area is 140 Å². The van der Waals surface area contributed by atoms with Gasteiger partial charge in [-0.15, -0.1) is 0 Å². The molecule has 23 heavy (non-hydrogen) atoms. The van der Waals surface area contributed by atoms with Gasteiger partial charge in [-0.25, -0.2) is 0 Å². The molecule has 0 spiro atoms. The molecule has 122 valence electrons. The van der Waals surface area contributed by atoms with Crippen molar-refractivity contribution in [2.75, 3.05) is 13.1 Å². The van der Waals surface area contributed by atoms with Crippen molar-refractivity contribution < 1.29 is 0 Å². The third-order valence-electron chi connectivity index (χ3n) is 5.03. The molecule has 0 bridgehead atoms. The predicted molar refractivity (Wildman–Crippen MR) is 97.3 cm³/mol. The summed E-state index contributed by atoms with van der Waals surface area (Å²) >= 11 is 0. The van der Waals surface area contributed by atoms with Crippen molar-refractivity contribution >= 4 is 0 Å². The summed E-state index contributed by atoms with van der Waals surface area (Å²) in [6.07, 6.45) is 3.80. The first-order valence-electron chi connectivity index (χ1n) is 8.85. The van der Waals surface area contributed by atoms with Crippen LogP contribution in [0.5, 0.6) is 0 Å². The summed E-state index contributed by atoms with van der Waals surface area (Å²) in [7, 11) is 0. The van der Waals surface area contributed by atoms with Gasteiger partial charge in [-0.05, 0) is 36.9 Å². The molecule has 1 atom stereocenters. The van der Waals surface area contributed by atoms with Crippen molar-refractivity contribution in [1.82, 2.24) is 10.2 Å². The highest BCUT2D eigenvalue weighted by Crippen LogP contribution is 2.25. The van der Waals surface area contributed by atoms with Crippen LogP contribution in [0.25, 0.3) is 0 Å². The number of hydrogen-bond acceptors (Lipinski definition) is 2. The van der Waals surface area contributed by atoms with Crippen LogP contribution in [0, 0.1) is 0 Å². The maximum absolute atomic E-state index is 3.78. The van der Waals surface area contributed by atoms with Crippen LogP contribution in [-0.2, 0) is 13.1 Å². The van der Waals surface area contributed by atoms with Crippen LogP contribution >= 0.6 is 0 Å². The largest absolute Gasteiger partial charge is 0.310 e. The van der Waals surface area contributed by atoms with E-state index in [0.29, 0.717) is 5.54 Å². The van der Waals surface area contributed by atoms with Gasteiger partial charge < -0.3 is 5.32 Å². The van der Waals surface area contributed by atoms with Gasteiger partial charge in [0.2, 0.25) is 0 Å². The molecule has 2 aromatic rings. The Morgan fingerprint density at radius 2 is 1.48 bits per heavy atom. The fourth-order valence-corrected chi connectivity index (χ4v) is 3.70. The van der Waals surface area contributed by atoms with Crippen LogP contribution in [0.1, 0.15) is 37.3 Å². The maximum Gasteiger partial charge on any atom is 0.0306 e. The Morgan fingerprint density at radius 3 is 1.91 bits per heavy atom. The molecule has 0 aromatic heterocycles. The summed E-state index contributed by atoms with van der Waals surface area (Å²) in [5.74, 6) is 0. The molecule has 1 heterocycles. The molecule has 3 rings (SSSR count). The second-order valence-corrected chi connectivity index (χ2v) is 6.78. The van der Waals surface area contributed by atoms with Gasteiger partial charge in [-0.2, -0.15) is 0 Å². The minimum atomic E-state index is 0.295. The van der Waals surface area contributed by atoms with E-state index in [4.69, 9.17) is 0 Å². The van der Waals surface area contributed by atoms with E-state index >= 15 is 0 Å². The van der Waals surface area contributed by atoms with Crippen LogP contribution < -0.4 is 5.32 Å². The molecule has 2 heteroatoms. The van der Waals surface area contributed by atoms with E-state index in [9.17, 15) is 0 Å². The maximum atomic E-state index is 3.78. The van der Waals surface area contributed by atoms with Gasteiger partial charge in [0.1, 0.15) is 0 Å². The number of nitrogens with zero attached hydrogens (tertiary/aromatic N) is 1. The molecule has 2 aromatic carbocycles. The summed E-state index contributed by atoms with van der Waals surface area (Å²) in [5.41, 5.74) is 3.09. The lowest BCUT2D eigenvalue weighted by atomic mass is 9.93. The molecule has 2 nitrogen and oxygen atoms in total. The Balaban J connectivity index is 1.75. The molecule has 1 aliphatic heterocycles. The summed E-state index contributed by atoms with van der Waals surface area (Å²) in [6.45, 7) is 6.63. The Kier molecular flexibility index (Phi) is 5.47. The molecule has 1 unspecified atom stereocenters. The van der Waals surface area contributed by atoms with Gasteiger partial charge in [0.05, 0.1) is 0 Å². The highest BCUT2D eigenvalue weighted by molar-refractivity contribution is 5.17. The highest BCUT2D eigenvalue weighted by Gasteiger charge is 2.33. The fraction of sp³-hybridized carbons (Fsp3) is 0.429. The lowest BCUT2D eigenvalue weighted by Crippen LogP contribution is -2.49. The van der Waals surface area contributed by atoms with Crippen LogP contribution in [0.2, 0.25) is 0 Å². The number of benzene rings is 2. The molecule has 1 aliphatic rings. The van der Waals surface area contributed by atoms with E-state index in [1.165, 1.54) is 36.9 Å². The van der Waals surface area contributed by atoms with Gasteiger partial charge >= 0.3 is 0 Å². The lowest BCUT2D eigenvalue weighted by Gasteiger charge is -2.35. The molecule has 0 saturated carbocycles. The second kappa shape index (κ2) is 7.76. The zero-order chi connectivity index (χ0) is 16.0. The van der Waals surface area contributed by atoms with Gasteiger partial charge in [0.25, 0.3) is 0 Å². The zero-order valence-electron chi connectivity index (χ0n) is 14.2. The van der Waals surface area contributed by atoms with Crippen LogP contribution in [0.4, 0.5) is 0 Å². The zero-order valence-corrected chi connectivity index (χ0v) is 14.2. The van der Waals surface area contributed by atoms with Gasteiger partial charge in [-0.3, -0.25) is 4.90 Å². The minimum absolute atomic E-state index is 0.295. The molecular formula is C21H28N2. The number of nitrogens with one attached hydrogen (secondary N) is 1. The van der Waals surface area contributed by atoms with Gasteiger partial charge in [-0.1, -0.05) is 67.6 Å².